The number of rotatable bonds is 7. The second kappa shape index (κ2) is 10.4. The van der Waals surface area contributed by atoms with Crippen molar-refractivity contribution in [1.29, 1.82) is 5.26 Å². The summed E-state index contributed by atoms with van der Waals surface area (Å²) in [4.78, 5) is 29.3. The van der Waals surface area contributed by atoms with Crippen LogP contribution in [0, 0.1) is 29.1 Å². The first-order valence-electron chi connectivity index (χ1n) is 12.3. The lowest BCUT2D eigenvalue weighted by molar-refractivity contribution is -0.161. The molecule has 2 heterocycles. The van der Waals surface area contributed by atoms with E-state index in [1.54, 1.807) is 50.4 Å². The van der Waals surface area contributed by atoms with Gasteiger partial charge in [-0.1, -0.05) is 37.3 Å². The van der Waals surface area contributed by atoms with E-state index in [1.807, 2.05) is 18.2 Å². The van der Waals surface area contributed by atoms with Crippen LogP contribution in [0.5, 0.6) is 0 Å². The molecule has 1 aromatic carbocycles. The van der Waals surface area contributed by atoms with Gasteiger partial charge >= 0.3 is 11.9 Å². The standard InChI is InChI=1S/C28H29F2N3O4/c1-4-36-24(34)15-33-27-16-28(29,30)17(2)22(25(27)18(3)37-26(27)35)12-11-21-10-9-20(14-32-21)23-8-6-5-7-19(23)13-31/h5-12,14,17-18,22,25,33H,4,15-16H2,1-3H3/b12-11+/t17-,18+,22-,25-,27-/m0/s1. The van der Waals surface area contributed by atoms with Crippen molar-refractivity contribution in [3.05, 3.63) is 59.9 Å². The van der Waals surface area contributed by atoms with Crippen molar-refractivity contribution in [3.63, 3.8) is 0 Å². The van der Waals surface area contributed by atoms with Crippen LogP contribution >= 0.6 is 0 Å². The third-order valence-corrected chi connectivity index (χ3v) is 7.39. The fourth-order valence-corrected chi connectivity index (χ4v) is 5.53. The van der Waals surface area contributed by atoms with Gasteiger partial charge in [0.05, 0.1) is 30.5 Å². The van der Waals surface area contributed by atoms with Crippen molar-refractivity contribution < 1.29 is 27.8 Å². The van der Waals surface area contributed by atoms with Crippen LogP contribution in [0.1, 0.15) is 38.4 Å². The highest BCUT2D eigenvalue weighted by atomic mass is 19.3. The first-order chi connectivity index (χ1) is 17.6. The number of esters is 2. The molecule has 2 fully saturated rings. The maximum Gasteiger partial charge on any atom is 0.327 e. The van der Waals surface area contributed by atoms with Crippen molar-refractivity contribution in [2.75, 3.05) is 13.2 Å². The van der Waals surface area contributed by atoms with Gasteiger partial charge in [-0.05, 0) is 38.0 Å². The number of aromatic nitrogens is 1. The van der Waals surface area contributed by atoms with Crippen LogP contribution in [0.3, 0.4) is 0 Å². The number of fused-ring (bicyclic) bond motifs is 1. The molecule has 2 aromatic rings. The Bertz CT molecular complexity index is 1240. The summed E-state index contributed by atoms with van der Waals surface area (Å²) in [7, 11) is 0. The molecule has 4 rings (SSSR count). The largest absolute Gasteiger partial charge is 0.465 e. The van der Waals surface area contributed by atoms with E-state index in [9.17, 15) is 14.9 Å². The molecule has 0 bridgehead atoms. The topological polar surface area (TPSA) is 101 Å². The number of carbonyl (C=O) groups excluding carboxylic acids is 2. The summed E-state index contributed by atoms with van der Waals surface area (Å²) in [6.07, 6.45) is 3.56. The summed E-state index contributed by atoms with van der Waals surface area (Å²) in [6.45, 7) is 4.57. The average molecular weight is 510 g/mol. The van der Waals surface area contributed by atoms with E-state index >= 15 is 8.78 Å². The molecule has 1 aromatic heterocycles. The molecule has 1 saturated carbocycles. The normalized spacial score (nSPS) is 28.4. The molecule has 0 unspecified atom stereocenters. The quantitative estimate of drug-likeness (QED) is 0.553. The summed E-state index contributed by atoms with van der Waals surface area (Å²) in [5.41, 5.74) is 0.869. The van der Waals surface area contributed by atoms with Gasteiger partial charge in [0.25, 0.3) is 5.92 Å². The van der Waals surface area contributed by atoms with E-state index in [1.165, 1.54) is 6.92 Å². The monoisotopic (exact) mass is 509 g/mol. The minimum atomic E-state index is -3.19. The lowest BCUT2D eigenvalue weighted by atomic mass is 9.60. The number of ether oxygens (including phenoxy) is 2. The molecule has 1 aliphatic carbocycles. The second-order valence-electron chi connectivity index (χ2n) is 9.56. The summed E-state index contributed by atoms with van der Waals surface area (Å²) in [5, 5.41) is 12.2. The Morgan fingerprint density at radius 3 is 2.73 bits per heavy atom. The maximum atomic E-state index is 15.3. The highest BCUT2D eigenvalue weighted by Gasteiger charge is 2.68. The van der Waals surface area contributed by atoms with E-state index in [0.717, 1.165) is 11.1 Å². The van der Waals surface area contributed by atoms with Crippen LogP contribution in [0.4, 0.5) is 8.78 Å². The van der Waals surface area contributed by atoms with Crippen LogP contribution in [0.15, 0.2) is 48.7 Å². The van der Waals surface area contributed by atoms with E-state index in [-0.39, 0.29) is 13.2 Å². The molecule has 1 N–H and O–H groups in total. The van der Waals surface area contributed by atoms with Gasteiger partial charge in [0.2, 0.25) is 0 Å². The molecule has 194 valence electrons. The van der Waals surface area contributed by atoms with Crippen molar-refractivity contribution in [3.8, 4) is 17.2 Å². The summed E-state index contributed by atoms with van der Waals surface area (Å²) < 4.78 is 41.0. The van der Waals surface area contributed by atoms with Gasteiger partial charge in [0.15, 0.2) is 0 Å². The number of nitrogens with zero attached hydrogens (tertiary/aromatic N) is 2. The third-order valence-electron chi connectivity index (χ3n) is 7.39. The number of carbonyl (C=O) groups is 2. The van der Waals surface area contributed by atoms with Gasteiger partial charge in [0, 0.05) is 35.6 Å². The number of cyclic esters (lactones) is 1. The predicted octanol–water partition coefficient (Wildman–Crippen LogP) is 4.38. The zero-order valence-electron chi connectivity index (χ0n) is 20.9. The molecular formula is C28H29F2N3O4. The van der Waals surface area contributed by atoms with Crippen molar-refractivity contribution in [2.24, 2.45) is 17.8 Å². The van der Waals surface area contributed by atoms with E-state index in [4.69, 9.17) is 9.47 Å². The number of hydrogen-bond acceptors (Lipinski definition) is 7. The number of allylic oxidation sites excluding steroid dienone is 1. The Kier molecular flexibility index (Phi) is 7.42. The average Bonchev–Trinajstić information content (AvgIpc) is 3.12. The van der Waals surface area contributed by atoms with Gasteiger partial charge in [-0.2, -0.15) is 5.26 Å². The fraction of sp³-hybridized carbons (Fsp3) is 0.429. The van der Waals surface area contributed by atoms with Gasteiger partial charge < -0.3 is 9.47 Å². The number of benzene rings is 1. The van der Waals surface area contributed by atoms with Crippen LogP contribution in [-0.4, -0.2) is 47.6 Å². The lowest BCUT2D eigenvalue weighted by Gasteiger charge is -2.48. The predicted molar refractivity (Wildman–Crippen MR) is 132 cm³/mol. The van der Waals surface area contributed by atoms with Gasteiger partial charge in [0.1, 0.15) is 11.6 Å². The van der Waals surface area contributed by atoms with Gasteiger partial charge in [-0.15, -0.1) is 0 Å². The third kappa shape index (κ3) is 4.98. The number of nitriles is 1. The Hall–Kier alpha value is -3.64. The Morgan fingerprint density at radius 1 is 1.30 bits per heavy atom. The highest BCUT2D eigenvalue weighted by molar-refractivity contribution is 5.85. The molecule has 1 saturated heterocycles. The fourth-order valence-electron chi connectivity index (χ4n) is 5.53. The molecule has 5 atom stereocenters. The summed E-state index contributed by atoms with van der Waals surface area (Å²) in [6, 6.07) is 12.9. The van der Waals surface area contributed by atoms with Crippen molar-refractivity contribution in [2.45, 2.75) is 44.8 Å². The van der Waals surface area contributed by atoms with E-state index in [0.29, 0.717) is 11.3 Å². The van der Waals surface area contributed by atoms with Crippen molar-refractivity contribution in [1.82, 2.24) is 10.3 Å². The van der Waals surface area contributed by atoms with E-state index in [2.05, 4.69) is 16.4 Å². The molecule has 1 aliphatic heterocycles. The first-order valence-corrected chi connectivity index (χ1v) is 12.3. The smallest absolute Gasteiger partial charge is 0.327 e. The number of alkyl halides is 2. The summed E-state index contributed by atoms with van der Waals surface area (Å²) in [5.74, 6) is -7.03. The SMILES string of the molecule is CCOC(=O)CN[C@@]12CC(F)(F)[C@@H](C)[C@H](/C=C/c3ccc(-c4ccccc4C#N)cn3)[C@@H]1[C@@H](C)OC2=O. The van der Waals surface area contributed by atoms with Crippen molar-refractivity contribution >= 4 is 18.0 Å². The van der Waals surface area contributed by atoms with Crippen LogP contribution in [0.2, 0.25) is 0 Å². The Labute approximate surface area is 214 Å². The Balaban J connectivity index is 1.63. The number of nitrogens with one attached hydrogen (secondary N) is 1. The molecule has 0 amide bonds. The maximum absolute atomic E-state index is 15.3. The van der Waals surface area contributed by atoms with Gasteiger partial charge in [-0.25, -0.2) is 8.78 Å². The van der Waals surface area contributed by atoms with Crippen LogP contribution in [-0.2, 0) is 19.1 Å². The molecule has 9 heteroatoms. The molecule has 2 aliphatic rings. The molecule has 37 heavy (non-hydrogen) atoms. The van der Waals surface area contributed by atoms with E-state index < -0.39 is 53.7 Å². The lowest BCUT2D eigenvalue weighted by Crippen LogP contribution is -2.65. The highest BCUT2D eigenvalue weighted by Crippen LogP contribution is 2.54. The Morgan fingerprint density at radius 2 is 2.05 bits per heavy atom. The van der Waals surface area contributed by atoms with Gasteiger partial charge in [-0.3, -0.25) is 19.9 Å². The van der Waals surface area contributed by atoms with Crippen LogP contribution < -0.4 is 5.32 Å². The number of hydrogen-bond donors (Lipinski definition) is 1. The molecular weight excluding hydrogens is 480 g/mol. The van der Waals surface area contributed by atoms with Crippen LogP contribution in [0.25, 0.3) is 17.2 Å². The molecule has 7 nitrogen and oxygen atoms in total. The zero-order chi connectivity index (χ0) is 26.8. The second-order valence-corrected chi connectivity index (χ2v) is 9.56. The number of pyridine rings is 1. The zero-order valence-corrected chi connectivity index (χ0v) is 20.9. The molecule has 0 radical (unpaired) electrons. The minimum Gasteiger partial charge on any atom is -0.465 e. The summed E-state index contributed by atoms with van der Waals surface area (Å²) >= 11 is 0. The molecule has 0 spiro atoms. The number of halogens is 2. The first kappa shape index (κ1) is 26.4. The minimum absolute atomic E-state index is 0.143.